The van der Waals surface area contributed by atoms with Crippen LogP contribution < -0.4 is 28.7 Å². The number of aliphatic imine (C=N–C) groups is 5. The number of hydrogen-bond donors (Lipinski definition) is 5. The van der Waals surface area contributed by atoms with E-state index in [2.05, 4.69) is 69.8 Å². The molecule has 0 saturated heterocycles. The number of pyridine rings is 5. The molecule has 10 N–H and O–H groups in total. The monoisotopic (exact) mass is 1970 g/mol. The van der Waals surface area contributed by atoms with Crippen LogP contribution in [0.2, 0.25) is 0 Å². The number of guanidine groups is 5. The van der Waals surface area contributed by atoms with Gasteiger partial charge in [0.15, 0.2) is 63.9 Å². The van der Waals surface area contributed by atoms with E-state index in [1.807, 2.05) is 52.5 Å². The fourth-order valence-corrected chi connectivity index (χ4v) is 17.7. The molecule has 44 heteroatoms. The Kier molecular flexibility index (Phi) is 27.5. The fourth-order valence-electron chi connectivity index (χ4n) is 16.5. The van der Waals surface area contributed by atoms with E-state index in [0.29, 0.717) is 55.8 Å². The molecule has 10 aromatic heterocycles. The van der Waals surface area contributed by atoms with Gasteiger partial charge in [-0.15, -0.1) is 11.3 Å². The van der Waals surface area contributed by atoms with Gasteiger partial charge in [0.25, 0.3) is 61.7 Å². The second-order valence-electron chi connectivity index (χ2n) is 32.0. The number of carbonyl (C=O) groups is 5. The second kappa shape index (κ2) is 40.0. The van der Waals surface area contributed by atoms with Gasteiger partial charge in [-0.3, -0.25) is 73.4 Å². The molecule has 0 fully saturated rings. The summed E-state index contributed by atoms with van der Waals surface area (Å²) in [5.41, 5.74) is 32.4. The first kappa shape index (κ1) is 97.8. The lowest BCUT2D eigenvalue weighted by Crippen LogP contribution is -2.41. The van der Waals surface area contributed by atoms with Crippen molar-refractivity contribution < 1.29 is 81.1 Å². The van der Waals surface area contributed by atoms with Crippen molar-refractivity contribution in [2.75, 3.05) is 35.2 Å². The van der Waals surface area contributed by atoms with Crippen LogP contribution >= 0.6 is 22.7 Å². The maximum Gasteiger partial charge on any atom is 0.308 e. The summed E-state index contributed by atoms with van der Waals surface area (Å²) in [5.74, 6) is -2.22. The van der Waals surface area contributed by atoms with Crippen molar-refractivity contribution in [1.82, 2.24) is 69.4 Å². The Bertz CT molecular complexity index is 6750. The molecule has 5 aliphatic heterocycles. The largest absolute Gasteiger partial charge is 0.472 e. The Morgan fingerprint density at radius 3 is 0.852 bits per heavy atom. The molecule has 15 heterocycles. The molecule has 0 saturated carbocycles. The minimum absolute atomic E-state index is 0.00718. The minimum atomic E-state index is -2.82. The summed E-state index contributed by atoms with van der Waals surface area (Å²) in [5, 5.41) is 5.83. The molecule has 5 atom stereocenters. The van der Waals surface area contributed by atoms with Gasteiger partial charge in [-0.05, 0) is 192 Å². The van der Waals surface area contributed by atoms with Gasteiger partial charge in [0.2, 0.25) is 0 Å². The first-order valence-corrected chi connectivity index (χ1v) is 44.2. The van der Waals surface area contributed by atoms with Crippen LogP contribution in [0, 0.1) is 6.08 Å². The molecule has 5 aliphatic rings. The van der Waals surface area contributed by atoms with Crippen LogP contribution in [0.1, 0.15) is 116 Å². The summed E-state index contributed by atoms with van der Waals surface area (Å²) in [7, 11) is 7.46. The molecular formula is C98H77F11N24O7S2. The Labute approximate surface area is 807 Å². The first-order valence-electron chi connectivity index (χ1n) is 42.3. The number of thiophene rings is 1. The van der Waals surface area contributed by atoms with Crippen molar-refractivity contribution in [2.24, 2.45) is 53.6 Å². The number of hydrogen-bond acceptors (Lipinski definition) is 28. The highest BCUT2D eigenvalue weighted by atomic mass is 32.1. The third-order valence-electron chi connectivity index (χ3n) is 23.8. The Morgan fingerprint density at radius 2 is 0.592 bits per heavy atom. The van der Waals surface area contributed by atoms with Crippen LogP contribution in [-0.4, -0.2) is 164 Å². The average molecular weight is 1980 g/mol. The molecule has 0 radical (unpaired) electrons. The van der Waals surface area contributed by atoms with Crippen molar-refractivity contribution >= 4 is 82.0 Å². The molecule has 0 spiro atoms. The molecule has 5 amide bonds. The Balaban J connectivity index is 0.000000128. The second-order valence-corrected chi connectivity index (χ2v) is 33.5. The van der Waals surface area contributed by atoms with Crippen molar-refractivity contribution in [2.45, 2.75) is 59.8 Å². The molecular weight excluding hydrogens is 1900 g/mol. The van der Waals surface area contributed by atoms with Gasteiger partial charge >= 0.3 is 6.08 Å². The van der Waals surface area contributed by atoms with Gasteiger partial charge in [0.1, 0.15) is 40.4 Å². The number of alkyl halides is 10. The lowest BCUT2D eigenvalue weighted by Gasteiger charge is -2.26. The van der Waals surface area contributed by atoms with E-state index in [1.165, 1.54) is 177 Å². The number of thiazole rings is 1. The summed E-state index contributed by atoms with van der Waals surface area (Å²) in [6.45, 7) is 0. The van der Waals surface area contributed by atoms with E-state index >= 15 is 0 Å². The van der Waals surface area contributed by atoms with E-state index in [1.54, 1.807) is 126 Å². The SMILES string of the molecule is CN1C(=O)C(c2cccc(-c3ccoc3)c2)(c2ccnc(C(F)F)c2)N=C1N.CN1C(=O)C(c2cccc(-c3ccsc3)c2)(c2ccnc(C(F)F)c2)N=C1N.CN1C(=O)C(c2cccc(-c3cnc(F)nc3)c2)(c2ccnc(C(F)F)c2)N=C1N.CN1C(=O)C(c2cccc(-c3cocn3)c2)(c2ccnc(C(F)F)c2)N=C1N.CN1C(=O)C(c2cccc(-c3cscn3)c2)(c2ccnc(C(F)F)c2)N=C1N. The highest BCUT2D eigenvalue weighted by molar-refractivity contribution is 7.08. The zero-order valence-electron chi connectivity index (χ0n) is 74.7. The van der Waals surface area contributed by atoms with Crippen molar-refractivity contribution in [3.63, 3.8) is 0 Å². The van der Waals surface area contributed by atoms with Gasteiger partial charge in [-0.25, -0.2) is 88.8 Å². The Hall–Kier alpha value is -17.3. The first-order chi connectivity index (χ1) is 68.0. The molecule has 5 aromatic carbocycles. The van der Waals surface area contributed by atoms with Gasteiger partial charge in [0.05, 0.1) is 23.7 Å². The summed E-state index contributed by atoms with van der Waals surface area (Å²) >= 11 is 3.01. The van der Waals surface area contributed by atoms with E-state index in [0.717, 1.165) is 44.5 Å². The van der Waals surface area contributed by atoms with Crippen LogP contribution in [0.5, 0.6) is 0 Å². The number of likely N-dealkylation sites (N-methyl/N-ethyl adjacent to an activating group) is 5. The molecule has 720 valence electrons. The molecule has 20 rings (SSSR count). The third kappa shape index (κ3) is 18.2. The molecule has 15 aromatic rings. The van der Waals surface area contributed by atoms with E-state index in [-0.39, 0.29) is 52.1 Å². The van der Waals surface area contributed by atoms with Crippen molar-refractivity contribution in [1.29, 1.82) is 0 Å². The van der Waals surface area contributed by atoms with Gasteiger partial charge in [-0.2, -0.15) is 15.7 Å². The number of aromatic nitrogens is 9. The summed E-state index contributed by atoms with van der Waals surface area (Å²) < 4.78 is 156. The van der Waals surface area contributed by atoms with Crippen molar-refractivity contribution in [3.8, 4) is 55.9 Å². The Morgan fingerprint density at radius 1 is 0.296 bits per heavy atom. The number of nitrogens with zero attached hydrogens (tertiary/aromatic N) is 19. The molecule has 5 unspecified atom stereocenters. The number of benzene rings is 5. The smallest absolute Gasteiger partial charge is 0.308 e. The zero-order chi connectivity index (χ0) is 101. The molecule has 142 heavy (non-hydrogen) atoms. The molecule has 0 bridgehead atoms. The van der Waals surface area contributed by atoms with Crippen LogP contribution in [0.15, 0.2) is 318 Å². The molecule has 0 aliphatic carbocycles. The standard InChI is InChI=1S/C20H15F3N6O.C20H16F2N4O2.C20H16F2N4OS.C19H15F2N5O2.C19H15F2N5OS/c1-29-17(30)20(28-19(29)24,14-5-6-25-15(8-14)16(21)22)13-4-2-3-11(7-13)12-9-26-18(23)27-10-12;2*1-26-18(27)20(25-19(26)23,15-5-7-24-16(10-15)17(21)22)14-4-2-3-12(9-14)13-6-8-28-11-13;2*1-26-17(27)19(25-18(26)22,13-5-6-23-14(8-13)16(20)21)12-4-2-3-11(7-12)15-9-28-10-24-15/h2-10,16H,1H3,(H2,24,28);2*2-11,17H,1H3,(H2,23,25);2*2-10,16H,1H3,(H2,22,25). The highest BCUT2D eigenvalue weighted by Crippen LogP contribution is 2.49. The fraction of sp³-hybridized carbons (Fsp3) is 0.153. The van der Waals surface area contributed by atoms with Gasteiger partial charge < -0.3 is 37.5 Å². The van der Waals surface area contributed by atoms with E-state index in [9.17, 15) is 72.3 Å². The summed E-state index contributed by atoms with van der Waals surface area (Å²) in [4.78, 5) is 128. The topological polar surface area (TPSA) is 436 Å². The highest BCUT2D eigenvalue weighted by Gasteiger charge is 2.55. The number of furan rings is 1. The molecule has 31 nitrogen and oxygen atoms in total. The minimum Gasteiger partial charge on any atom is -0.472 e. The third-order valence-corrected chi connectivity index (χ3v) is 25.1. The maximum absolute atomic E-state index is 13.3. The number of carbonyl (C=O) groups excluding carboxylic acids is 5. The number of halogens is 11. The number of nitrogens with two attached hydrogens (primary N) is 5. The van der Waals surface area contributed by atoms with Gasteiger partial charge in [0, 0.05) is 106 Å². The predicted octanol–water partition coefficient (Wildman–Crippen LogP) is 15.6. The normalized spacial score (nSPS) is 19.2. The van der Waals surface area contributed by atoms with Crippen LogP contribution in [0.3, 0.4) is 0 Å². The van der Waals surface area contributed by atoms with Crippen LogP contribution in [0.25, 0.3) is 55.9 Å². The van der Waals surface area contributed by atoms with E-state index in [4.69, 9.17) is 37.5 Å². The average Bonchev–Trinajstić information content (AvgIpc) is 1.59. The number of amides is 5. The van der Waals surface area contributed by atoms with Crippen molar-refractivity contribution in [3.05, 3.63) is 375 Å². The van der Waals surface area contributed by atoms with Crippen LogP contribution in [0.4, 0.5) is 48.3 Å². The van der Waals surface area contributed by atoms with Gasteiger partial charge in [-0.1, -0.05) is 91.0 Å². The summed E-state index contributed by atoms with van der Waals surface area (Å²) in [6, 6.07) is 52.4. The lowest BCUT2D eigenvalue weighted by atomic mass is 9.82. The number of rotatable bonds is 20. The van der Waals surface area contributed by atoms with Crippen LogP contribution in [-0.2, 0) is 51.7 Å². The summed E-state index contributed by atoms with van der Waals surface area (Å²) in [6.07, 6.45) is -0.100. The quantitative estimate of drug-likeness (QED) is 0.0349. The van der Waals surface area contributed by atoms with E-state index < -0.39 is 124 Å². The number of oxazole rings is 1. The maximum atomic E-state index is 13.3. The predicted molar refractivity (Wildman–Crippen MR) is 503 cm³/mol. The lowest BCUT2D eigenvalue weighted by molar-refractivity contribution is -0.130. The zero-order valence-corrected chi connectivity index (χ0v) is 76.4.